The minimum atomic E-state index is 0.814. The van der Waals surface area contributed by atoms with E-state index in [1.165, 1.54) is 141 Å². The van der Waals surface area contributed by atoms with Crippen LogP contribution in [0.3, 0.4) is 0 Å². The maximum absolute atomic E-state index is 5.45. The highest BCUT2D eigenvalue weighted by Crippen LogP contribution is 2.15. The molecule has 2 nitrogen and oxygen atoms in total. The zero-order chi connectivity index (χ0) is 20.7. The maximum Gasteiger partial charge on any atom is 0.183 e. The molecule has 1 heterocycles. The van der Waals surface area contributed by atoms with E-state index in [-0.39, 0.29) is 0 Å². The van der Waals surface area contributed by atoms with Crippen LogP contribution in [0, 0.1) is 0 Å². The maximum atomic E-state index is 5.45. The second kappa shape index (κ2) is 22.2. The minimum absolute atomic E-state index is 0.814. The molecule has 0 saturated carbocycles. The summed E-state index contributed by atoms with van der Waals surface area (Å²) in [6.07, 6.45) is 32.9. The molecule has 0 unspecified atom stereocenters. The molecule has 1 rings (SSSR count). The molecule has 0 saturated heterocycles. The van der Waals surface area contributed by atoms with E-state index in [0.29, 0.717) is 0 Å². The molecule has 0 spiro atoms. The van der Waals surface area contributed by atoms with E-state index in [1.807, 2.05) is 0 Å². The highest BCUT2D eigenvalue weighted by atomic mass is 16.5. The molecule has 0 aliphatic carbocycles. The van der Waals surface area contributed by atoms with E-state index in [1.54, 1.807) is 0 Å². The van der Waals surface area contributed by atoms with Gasteiger partial charge in [-0.05, 0) is 6.42 Å². The van der Waals surface area contributed by atoms with Crippen molar-refractivity contribution in [2.75, 3.05) is 13.2 Å². The van der Waals surface area contributed by atoms with Gasteiger partial charge in [0.1, 0.15) is 6.61 Å². The summed E-state index contributed by atoms with van der Waals surface area (Å²) in [7, 11) is 0. The summed E-state index contributed by atoms with van der Waals surface area (Å²) in [6.45, 7) is 4.00. The van der Waals surface area contributed by atoms with E-state index < -0.39 is 0 Å². The monoisotopic (exact) mass is 407 g/mol. The molecule has 0 amide bonds. The molecule has 0 aromatic carbocycles. The first kappa shape index (κ1) is 26.5. The van der Waals surface area contributed by atoms with Gasteiger partial charge in [-0.2, -0.15) is 0 Å². The average molecular weight is 408 g/mol. The Hall–Kier alpha value is -0.530. The van der Waals surface area contributed by atoms with Crippen LogP contribution in [0.4, 0.5) is 0 Å². The summed E-state index contributed by atoms with van der Waals surface area (Å²) in [4.78, 5) is 4.35. The summed E-state index contributed by atoms with van der Waals surface area (Å²) >= 11 is 0. The summed E-state index contributed by atoms with van der Waals surface area (Å²) in [5, 5.41) is 0. The van der Waals surface area contributed by atoms with Crippen molar-refractivity contribution in [3.05, 3.63) is 0 Å². The topological polar surface area (TPSA) is 21.6 Å². The number of unbranched alkanes of at least 4 members (excludes halogenated alkanes) is 21. The first-order valence-electron chi connectivity index (χ1n) is 13.6. The lowest BCUT2D eigenvalue weighted by molar-refractivity contribution is 0.336. The molecule has 1 aliphatic rings. The van der Waals surface area contributed by atoms with E-state index in [9.17, 15) is 0 Å². The van der Waals surface area contributed by atoms with E-state index >= 15 is 0 Å². The Morgan fingerprint density at radius 1 is 0.517 bits per heavy atom. The van der Waals surface area contributed by atoms with Gasteiger partial charge < -0.3 is 4.74 Å². The summed E-state index contributed by atoms with van der Waals surface area (Å²) in [6, 6.07) is 0. The van der Waals surface area contributed by atoms with Crippen molar-refractivity contribution in [3.8, 4) is 0 Å². The third-order valence-corrected chi connectivity index (χ3v) is 6.39. The van der Waals surface area contributed by atoms with Gasteiger partial charge in [-0.25, -0.2) is 0 Å². The van der Waals surface area contributed by atoms with Gasteiger partial charge in [-0.3, -0.25) is 4.99 Å². The molecule has 0 bridgehead atoms. The van der Waals surface area contributed by atoms with Gasteiger partial charge in [-0.15, -0.1) is 0 Å². The van der Waals surface area contributed by atoms with E-state index in [0.717, 1.165) is 25.5 Å². The first-order chi connectivity index (χ1) is 14.4. The lowest BCUT2D eigenvalue weighted by Crippen LogP contribution is -1.98. The van der Waals surface area contributed by atoms with Crippen molar-refractivity contribution in [2.45, 2.75) is 155 Å². The van der Waals surface area contributed by atoms with Crippen molar-refractivity contribution in [3.63, 3.8) is 0 Å². The third kappa shape index (κ3) is 19.2. The number of ether oxygens (including phenoxy) is 1. The van der Waals surface area contributed by atoms with Crippen LogP contribution in [0.15, 0.2) is 4.99 Å². The second-order valence-corrected chi connectivity index (χ2v) is 9.30. The molecular formula is C27H53NO. The molecule has 172 valence electrons. The molecule has 0 radical (unpaired) electrons. The van der Waals surface area contributed by atoms with Gasteiger partial charge in [0, 0.05) is 6.42 Å². The number of aliphatic imine (C=N–C) groups is 1. The van der Waals surface area contributed by atoms with Crippen LogP contribution in [0.25, 0.3) is 0 Å². The zero-order valence-electron chi connectivity index (χ0n) is 20.0. The van der Waals surface area contributed by atoms with Gasteiger partial charge >= 0.3 is 0 Å². The van der Waals surface area contributed by atoms with Crippen LogP contribution in [0.1, 0.15) is 155 Å². The third-order valence-electron chi connectivity index (χ3n) is 6.39. The van der Waals surface area contributed by atoms with Gasteiger partial charge in [-0.1, -0.05) is 142 Å². The van der Waals surface area contributed by atoms with Crippen LogP contribution in [0.2, 0.25) is 0 Å². The normalized spacial score (nSPS) is 13.6. The number of hydrogen-bond acceptors (Lipinski definition) is 2. The SMILES string of the molecule is CCCCCCCCCCCCCCCCCCCCCCCCC1=NCCO1. The van der Waals surface area contributed by atoms with E-state index in [2.05, 4.69) is 11.9 Å². The first-order valence-corrected chi connectivity index (χ1v) is 13.6. The second-order valence-electron chi connectivity index (χ2n) is 9.30. The predicted octanol–water partition coefficient (Wildman–Crippen LogP) is 9.41. The molecule has 0 fully saturated rings. The highest BCUT2D eigenvalue weighted by molar-refractivity contribution is 5.77. The van der Waals surface area contributed by atoms with Crippen LogP contribution in [-0.2, 0) is 4.74 Å². The molecule has 0 N–H and O–H groups in total. The molecular weight excluding hydrogens is 354 g/mol. The average Bonchev–Trinajstić information content (AvgIpc) is 3.25. The lowest BCUT2D eigenvalue weighted by atomic mass is 10.0. The molecule has 0 aromatic rings. The summed E-state index contributed by atoms with van der Waals surface area (Å²) in [5.74, 6) is 1.01. The fourth-order valence-electron chi connectivity index (χ4n) is 4.42. The minimum Gasteiger partial charge on any atom is -0.479 e. The number of hydrogen-bond donors (Lipinski definition) is 0. The number of rotatable bonds is 23. The Kier molecular flexibility index (Phi) is 20.3. The van der Waals surface area contributed by atoms with Gasteiger partial charge in [0.25, 0.3) is 0 Å². The molecule has 1 aliphatic heterocycles. The quantitative estimate of drug-likeness (QED) is 0.155. The van der Waals surface area contributed by atoms with Gasteiger partial charge in [0.05, 0.1) is 6.54 Å². The Balaban J connectivity index is 1.62. The van der Waals surface area contributed by atoms with Crippen LogP contribution < -0.4 is 0 Å². The summed E-state index contributed by atoms with van der Waals surface area (Å²) < 4.78 is 5.45. The van der Waals surface area contributed by atoms with Crippen LogP contribution in [-0.4, -0.2) is 19.0 Å². The summed E-state index contributed by atoms with van der Waals surface area (Å²) in [5.41, 5.74) is 0. The Labute approximate surface area is 183 Å². The molecule has 0 atom stereocenters. The van der Waals surface area contributed by atoms with Crippen molar-refractivity contribution in [1.29, 1.82) is 0 Å². The van der Waals surface area contributed by atoms with Crippen molar-refractivity contribution in [1.82, 2.24) is 0 Å². The van der Waals surface area contributed by atoms with Gasteiger partial charge in [0.2, 0.25) is 0 Å². The smallest absolute Gasteiger partial charge is 0.183 e. The van der Waals surface area contributed by atoms with Crippen molar-refractivity contribution in [2.24, 2.45) is 4.99 Å². The Morgan fingerprint density at radius 2 is 0.862 bits per heavy atom. The Bertz CT molecular complexity index is 352. The number of nitrogens with zero attached hydrogens (tertiary/aromatic N) is 1. The van der Waals surface area contributed by atoms with Crippen LogP contribution in [0.5, 0.6) is 0 Å². The highest BCUT2D eigenvalue weighted by Gasteiger charge is 2.05. The van der Waals surface area contributed by atoms with E-state index in [4.69, 9.17) is 4.74 Å². The standard InChI is InChI=1S/C27H53NO/c1-2-3-4-5-6-7-8-9-10-11-12-13-14-15-16-17-18-19-20-21-22-23-24-27-28-25-26-29-27/h2-26H2,1H3. The van der Waals surface area contributed by atoms with Gasteiger partial charge in [0.15, 0.2) is 5.90 Å². The Morgan fingerprint density at radius 3 is 1.17 bits per heavy atom. The predicted molar refractivity (Wildman–Crippen MR) is 130 cm³/mol. The molecule has 29 heavy (non-hydrogen) atoms. The largest absolute Gasteiger partial charge is 0.479 e. The van der Waals surface area contributed by atoms with Crippen molar-refractivity contribution < 1.29 is 4.74 Å². The van der Waals surface area contributed by atoms with Crippen LogP contribution >= 0.6 is 0 Å². The molecule has 0 aromatic heterocycles. The lowest BCUT2D eigenvalue weighted by Gasteiger charge is -2.04. The fraction of sp³-hybridized carbons (Fsp3) is 0.963. The fourth-order valence-corrected chi connectivity index (χ4v) is 4.42. The zero-order valence-corrected chi connectivity index (χ0v) is 20.0. The molecule has 2 heteroatoms. The van der Waals surface area contributed by atoms with Crippen molar-refractivity contribution >= 4 is 5.90 Å².